The summed E-state index contributed by atoms with van der Waals surface area (Å²) in [4.78, 5) is 22.7. The summed E-state index contributed by atoms with van der Waals surface area (Å²) < 4.78 is 5.40. The van der Waals surface area contributed by atoms with Gasteiger partial charge in [0.2, 0.25) is 5.95 Å². The van der Waals surface area contributed by atoms with E-state index < -0.39 is 0 Å². The molecule has 0 saturated carbocycles. The maximum Gasteiger partial charge on any atom is 0.416 e. The Morgan fingerprint density at radius 2 is 1.88 bits per heavy atom. The molecule has 2 heterocycles. The summed E-state index contributed by atoms with van der Waals surface area (Å²) in [5.74, 6) is 1.31. The number of cyclic esters (lactones) is 1. The lowest BCUT2D eigenvalue weighted by molar-refractivity contribution is 0.136. The number of amides is 1. The minimum absolute atomic E-state index is 0.0400. The van der Waals surface area contributed by atoms with Crippen molar-refractivity contribution < 1.29 is 9.53 Å². The summed E-state index contributed by atoms with van der Waals surface area (Å²) >= 11 is 0. The first-order chi connectivity index (χ1) is 12.0. The molecule has 1 unspecified atom stereocenters. The van der Waals surface area contributed by atoms with Gasteiger partial charge in [0, 0.05) is 6.20 Å². The molecule has 1 N–H and O–H groups in total. The number of carbonyl (C=O) groups is 1. The number of nitrogens with zero attached hydrogens (tertiary/aromatic N) is 3. The molecule has 1 aliphatic heterocycles. The van der Waals surface area contributed by atoms with Crippen LogP contribution in [0.5, 0.6) is 0 Å². The predicted molar refractivity (Wildman–Crippen MR) is 97.6 cm³/mol. The monoisotopic (exact) mass is 340 g/mol. The molecule has 132 valence electrons. The van der Waals surface area contributed by atoms with Gasteiger partial charge in [-0.3, -0.25) is 4.90 Å². The molecule has 3 rings (SSSR count). The summed E-state index contributed by atoms with van der Waals surface area (Å²) in [5.41, 5.74) is 1.14. The Kier molecular flexibility index (Phi) is 4.88. The third kappa shape index (κ3) is 3.57. The van der Waals surface area contributed by atoms with Crippen LogP contribution in [0.25, 0.3) is 0 Å². The van der Waals surface area contributed by atoms with Gasteiger partial charge in [-0.25, -0.2) is 9.78 Å². The Labute approximate surface area is 148 Å². The van der Waals surface area contributed by atoms with Gasteiger partial charge in [0.1, 0.15) is 11.9 Å². The van der Waals surface area contributed by atoms with E-state index in [-0.39, 0.29) is 30.2 Å². The Morgan fingerprint density at radius 1 is 1.16 bits per heavy atom. The third-order valence-corrected chi connectivity index (χ3v) is 4.48. The van der Waals surface area contributed by atoms with Crippen LogP contribution in [0.3, 0.4) is 0 Å². The van der Waals surface area contributed by atoms with Gasteiger partial charge in [-0.2, -0.15) is 4.98 Å². The van der Waals surface area contributed by atoms with Crippen LogP contribution in [0.15, 0.2) is 42.6 Å². The summed E-state index contributed by atoms with van der Waals surface area (Å²) in [6, 6.07) is 11.8. The quantitative estimate of drug-likeness (QED) is 0.890. The first-order valence-electron chi connectivity index (χ1n) is 8.61. The summed E-state index contributed by atoms with van der Waals surface area (Å²) in [7, 11) is 0. The molecule has 1 aromatic heterocycles. The molecule has 3 atom stereocenters. The van der Waals surface area contributed by atoms with Crippen molar-refractivity contribution in [3.63, 3.8) is 0 Å². The van der Waals surface area contributed by atoms with Crippen LogP contribution in [-0.2, 0) is 4.74 Å². The molecule has 1 aromatic carbocycles. The molecular formula is C19H24N4O2. The van der Waals surface area contributed by atoms with Crippen LogP contribution in [0, 0.1) is 5.92 Å². The largest absolute Gasteiger partial charge is 0.444 e. The molecule has 2 aromatic rings. The fraction of sp³-hybridized carbons (Fsp3) is 0.421. The van der Waals surface area contributed by atoms with Crippen molar-refractivity contribution >= 4 is 17.9 Å². The maximum absolute atomic E-state index is 12.3. The van der Waals surface area contributed by atoms with Crippen molar-refractivity contribution in [3.05, 3.63) is 48.2 Å². The van der Waals surface area contributed by atoms with Crippen LogP contribution in [0.1, 0.15) is 39.3 Å². The van der Waals surface area contributed by atoms with E-state index in [4.69, 9.17) is 4.74 Å². The molecule has 25 heavy (non-hydrogen) atoms. The Hall–Kier alpha value is -2.63. The predicted octanol–water partition coefficient (Wildman–Crippen LogP) is 4.02. The van der Waals surface area contributed by atoms with Gasteiger partial charge in [0.15, 0.2) is 0 Å². The van der Waals surface area contributed by atoms with Gasteiger partial charge >= 0.3 is 6.09 Å². The van der Waals surface area contributed by atoms with Gasteiger partial charge in [-0.1, -0.05) is 44.2 Å². The molecule has 6 heteroatoms. The molecule has 0 radical (unpaired) electrons. The standard InChI is InChI=1S/C19H24N4O2/c1-12(2)17-14(4)25-19(24)23(17)16-10-11-20-18(22-16)21-13(3)15-8-6-5-7-9-15/h5-14,17H,1-4H3,(H,20,21,22)/t13-,14?,17-/m0/s1. The highest BCUT2D eigenvalue weighted by Crippen LogP contribution is 2.30. The zero-order chi connectivity index (χ0) is 18.0. The van der Waals surface area contributed by atoms with Gasteiger partial charge in [0.05, 0.1) is 12.1 Å². The second-order valence-electron chi connectivity index (χ2n) is 6.71. The first kappa shape index (κ1) is 17.2. The molecular weight excluding hydrogens is 316 g/mol. The minimum atomic E-state index is -0.355. The van der Waals surface area contributed by atoms with Crippen LogP contribution in [-0.4, -0.2) is 28.2 Å². The van der Waals surface area contributed by atoms with E-state index in [0.717, 1.165) is 5.56 Å². The maximum atomic E-state index is 12.3. The highest BCUT2D eigenvalue weighted by atomic mass is 16.6. The second-order valence-corrected chi connectivity index (χ2v) is 6.71. The van der Waals surface area contributed by atoms with E-state index in [2.05, 4.69) is 48.2 Å². The molecule has 1 fully saturated rings. The number of ether oxygens (including phenoxy) is 1. The van der Waals surface area contributed by atoms with Gasteiger partial charge in [0.25, 0.3) is 0 Å². The van der Waals surface area contributed by atoms with E-state index in [1.807, 2.05) is 25.1 Å². The van der Waals surface area contributed by atoms with Crippen molar-refractivity contribution in [1.29, 1.82) is 0 Å². The fourth-order valence-electron chi connectivity index (χ4n) is 3.28. The number of rotatable bonds is 5. The molecule has 1 saturated heterocycles. The highest BCUT2D eigenvalue weighted by molar-refractivity contribution is 5.89. The number of anilines is 2. The molecule has 0 bridgehead atoms. The topological polar surface area (TPSA) is 67.3 Å². The van der Waals surface area contributed by atoms with Crippen molar-refractivity contribution in [2.24, 2.45) is 5.92 Å². The molecule has 6 nitrogen and oxygen atoms in total. The number of hydrogen-bond donors (Lipinski definition) is 1. The van der Waals surface area contributed by atoms with Crippen molar-refractivity contribution in [2.45, 2.75) is 45.9 Å². The van der Waals surface area contributed by atoms with E-state index in [0.29, 0.717) is 11.8 Å². The Morgan fingerprint density at radius 3 is 2.56 bits per heavy atom. The number of carbonyl (C=O) groups excluding carboxylic acids is 1. The zero-order valence-corrected chi connectivity index (χ0v) is 15.0. The molecule has 1 amide bonds. The summed E-state index contributed by atoms with van der Waals surface area (Å²) in [6.07, 6.45) is 1.14. The van der Waals surface area contributed by atoms with Gasteiger partial charge < -0.3 is 10.1 Å². The molecule has 0 aliphatic carbocycles. The highest BCUT2D eigenvalue weighted by Gasteiger charge is 2.42. The third-order valence-electron chi connectivity index (χ3n) is 4.48. The lowest BCUT2D eigenvalue weighted by Gasteiger charge is -2.26. The zero-order valence-electron chi connectivity index (χ0n) is 15.0. The van der Waals surface area contributed by atoms with Crippen LogP contribution >= 0.6 is 0 Å². The first-order valence-corrected chi connectivity index (χ1v) is 8.61. The van der Waals surface area contributed by atoms with E-state index in [1.54, 1.807) is 17.2 Å². The lowest BCUT2D eigenvalue weighted by Crippen LogP contribution is -2.40. The van der Waals surface area contributed by atoms with Crippen molar-refractivity contribution in [1.82, 2.24) is 9.97 Å². The average Bonchev–Trinajstić information content (AvgIpc) is 2.90. The van der Waals surface area contributed by atoms with E-state index >= 15 is 0 Å². The number of benzene rings is 1. The van der Waals surface area contributed by atoms with E-state index in [1.165, 1.54) is 0 Å². The SMILES string of the molecule is CC(C)[C@H]1C(C)OC(=O)N1c1ccnc(N[C@@H](C)c2ccccc2)n1. The second kappa shape index (κ2) is 7.09. The number of hydrogen-bond acceptors (Lipinski definition) is 5. The normalized spacial score (nSPS) is 21.3. The lowest BCUT2D eigenvalue weighted by atomic mass is 9.99. The van der Waals surface area contributed by atoms with Crippen LogP contribution in [0.4, 0.5) is 16.6 Å². The number of aromatic nitrogens is 2. The summed E-state index contributed by atoms with van der Waals surface area (Å²) in [5, 5.41) is 3.29. The Bertz CT molecular complexity index is 735. The van der Waals surface area contributed by atoms with E-state index in [9.17, 15) is 4.79 Å². The van der Waals surface area contributed by atoms with Crippen LogP contribution in [0.2, 0.25) is 0 Å². The molecule has 0 spiro atoms. The number of nitrogens with one attached hydrogen (secondary N) is 1. The van der Waals surface area contributed by atoms with Crippen molar-refractivity contribution in [3.8, 4) is 0 Å². The van der Waals surface area contributed by atoms with Gasteiger partial charge in [-0.15, -0.1) is 0 Å². The van der Waals surface area contributed by atoms with Crippen LogP contribution < -0.4 is 10.2 Å². The van der Waals surface area contributed by atoms with Crippen molar-refractivity contribution in [2.75, 3.05) is 10.2 Å². The molecule has 1 aliphatic rings. The average molecular weight is 340 g/mol. The minimum Gasteiger partial charge on any atom is -0.444 e. The summed E-state index contributed by atoms with van der Waals surface area (Å²) in [6.45, 7) is 8.12. The van der Waals surface area contributed by atoms with Gasteiger partial charge in [-0.05, 0) is 31.4 Å². The Balaban J connectivity index is 1.83. The smallest absolute Gasteiger partial charge is 0.416 e. The fourth-order valence-corrected chi connectivity index (χ4v) is 3.28.